The molecule has 0 spiro atoms. The Labute approximate surface area is 193 Å². The summed E-state index contributed by atoms with van der Waals surface area (Å²) < 4.78 is 46.3. The number of esters is 1. The Morgan fingerprint density at radius 3 is 2.35 bits per heavy atom. The van der Waals surface area contributed by atoms with Crippen LogP contribution < -0.4 is 5.43 Å². The number of hydrazone groups is 1. The van der Waals surface area contributed by atoms with Gasteiger partial charge in [-0.05, 0) is 63.1 Å². The smallest absolute Gasteiger partial charge is 0.416 e. The molecule has 1 aromatic heterocycles. The SMILES string of the molecule is CCOC(=O)CC(=O)N/N=C(/C)c1c(O)n(-c2cc(C)cc(C)c2)c2cc(C(F)(F)F)ccc12. The highest BCUT2D eigenvalue weighted by molar-refractivity contribution is 6.13. The number of hydrogen-bond acceptors (Lipinski definition) is 5. The summed E-state index contributed by atoms with van der Waals surface area (Å²) in [4.78, 5) is 23.4. The molecule has 0 fully saturated rings. The lowest BCUT2D eigenvalue weighted by Crippen LogP contribution is -2.23. The molecule has 0 radical (unpaired) electrons. The molecule has 2 N–H and O–H groups in total. The van der Waals surface area contributed by atoms with Crippen LogP contribution in [-0.2, 0) is 20.5 Å². The summed E-state index contributed by atoms with van der Waals surface area (Å²) in [6.07, 6.45) is -5.12. The minimum atomic E-state index is -4.58. The van der Waals surface area contributed by atoms with E-state index in [0.717, 1.165) is 23.3 Å². The van der Waals surface area contributed by atoms with E-state index in [1.54, 1.807) is 19.1 Å². The zero-order valence-electron chi connectivity index (χ0n) is 19.1. The zero-order chi connectivity index (χ0) is 25.2. The maximum Gasteiger partial charge on any atom is 0.416 e. The molecule has 3 rings (SSSR count). The Morgan fingerprint density at radius 1 is 1.12 bits per heavy atom. The van der Waals surface area contributed by atoms with Crippen LogP contribution >= 0.6 is 0 Å². The molecular weight excluding hydrogens is 451 g/mol. The summed E-state index contributed by atoms with van der Waals surface area (Å²) in [5, 5.41) is 15.4. The first-order valence-electron chi connectivity index (χ1n) is 10.4. The number of aromatic hydroxyl groups is 1. The van der Waals surface area contributed by atoms with E-state index >= 15 is 0 Å². The number of hydrogen-bond donors (Lipinski definition) is 2. The molecule has 0 unspecified atom stereocenters. The third kappa shape index (κ3) is 5.22. The van der Waals surface area contributed by atoms with E-state index in [1.807, 2.05) is 19.9 Å². The molecule has 0 aliphatic heterocycles. The average molecular weight is 475 g/mol. The molecule has 0 saturated carbocycles. The fraction of sp³-hybridized carbons (Fsp3) is 0.292. The number of nitrogens with one attached hydrogen (secondary N) is 1. The minimum Gasteiger partial charge on any atom is -0.494 e. The highest BCUT2D eigenvalue weighted by Crippen LogP contribution is 2.39. The Morgan fingerprint density at radius 2 is 1.76 bits per heavy atom. The Hall–Kier alpha value is -3.82. The number of ether oxygens (including phenoxy) is 1. The van der Waals surface area contributed by atoms with Crippen LogP contribution in [-0.4, -0.2) is 33.9 Å². The maximum absolute atomic E-state index is 13.4. The van der Waals surface area contributed by atoms with Crippen molar-refractivity contribution in [3.8, 4) is 11.6 Å². The molecular formula is C24H24F3N3O4. The van der Waals surface area contributed by atoms with Gasteiger partial charge >= 0.3 is 12.1 Å². The number of amides is 1. The van der Waals surface area contributed by atoms with Gasteiger partial charge in [0.15, 0.2) is 0 Å². The van der Waals surface area contributed by atoms with Crippen molar-refractivity contribution in [3.63, 3.8) is 0 Å². The molecule has 1 heterocycles. The monoisotopic (exact) mass is 475 g/mol. The van der Waals surface area contributed by atoms with Gasteiger partial charge in [-0.3, -0.25) is 14.2 Å². The Kier molecular flexibility index (Phi) is 6.99. The van der Waals surface area contributed by atoms with E-state index in [0.29, 0.717) is 11.1 Å². The van der Waals surface area contributed by atoms with Gasteiger partial charge in [0.25, 0.3) is 5.91 Å². The lowest BCUT2D eigenvalue weighted by Gasteiger charge is -2.11. The van der Waals surface area contributed by atoms with Gasteiger partial charge in [0.1, 0.15) is 6.42 Å². The van der Waals surface area contributed by atoms with Gasteiger partial charge in [-0.25, -0.2) is 5.43 Å². The molecule has 0 bridgehead atoms. The summed E-state index contributed by atoms with van der Waals surface area (Å²) in [5.74, 6) is -1.78. The van der Waals surface area contributed by atoms with Crippen molar-refractivity contribution >= 4 is 28.5 Å². The highest BCUT2D eigenvalue weighted by Gasteiger charge is 2.32. The summed E-state index contributed by atoms with van der Waals surface area (Å²) in [7, 11) is 0. The van der Waals surface area contributed by atoms with Crippen molar-refractivity contribution in [2.45, 2.75) is 40.3 Å². The van der Waals surface area contributed by atoms with E-state index in [-0.39, 0.29) is 29.3 Å². The van der Waals surface area contributed by atoms with Crippen molar-refractivity contribution < 1.29 is 32.6 Å². The number of carbonyl (C=O) groups is 2. The van der Waals surface area contributed by atoms with Gasteiger partial charge < -0.3 is 9.84 Å². The number of nitrogens with zero attached hydrogens (tertiary/aromatic N) is 2. The summed E-state index contributed by atoms with van der Waals surface area (Å²) in [5.41, 5.74) is 3.96. The van der Waals surface area contributed by atoms with E-state index < -0.39 is 30.0 Å². The first-order valence-corrected chi connectivity index (χ1v) is 10.4. The standard InChI is InChI=1S/C24H24F3N3O4/c1-5-34-21(32)12-20(31)29-28-15(4)22-18-7-6-16(24(25,26)27)11-19(18)30(23(22)33)17-9-13(2)8-14(3)10-17/h6-11,33H,5,12H2,1-4H3,(H,29,31)/b28-15-. The van der Waals surface area contributed by atoms with Crippen molar-refractivity contribution in [3.05, 3.63) is 58.7 Å². The van der Waals surface area contributed by atoms with Crippen molar-refractivity contribution in [1.82, 2.24) is 9.99 Å². The van der Waals surface area contributed by atoms with E-state index in [1.165, 1.54) is 17.6 Å². The van der Waals surface area contributed by atoms with Crippen LogP contribution in [0.4, 0.5) is 13.2 Å². The summed E-state index contributed by atoms with van der Waals surface area (Å²) in [6, 6.07) is 8.52. The van der Waals surface area contributed by atoms with Crippen LogP contribution in [0.1, 0.15) is 42.5 Å². The number of halogens is 3. The molecule has 10 heteroatoms. The number of aryl methyl sites for hydroxylation is 2. The number of benzene rings is 2. The number of alkyl halides is 3. The Bertz CT molecular complexity index is 1270. The van der Waals surface area contributed by atoms with Crippen molar-refractivity contribution in [1.29, 1.82) is 0 Å². The van der Waals surface area contributed by atoms with Crippen LogP contribution in [0.25, 0.3) is 16.6 Å². The molecule has 7 nitrogen and oxygen atoms in total. The third-order valence-electron chi connectivity index (χ3n) is 5.06. The predicted octanol–water partition coefficient (Wildman–Crippen LogP) is 4.77. The highest BCUT2D eigenvalue weighted by atomic mass is 19.4. The number of aromatic nitrogens is 1. The summed E-state index contributed by atoms with van der Waals surface area (Å²) >= 11 is 0. The van der Waals surface area contributed by atoms with E-state index in [9.17, 15) is 27.9 Å². The van der Waals surface area contributed by atoms with Crippen LogP contribution in [0.3, 0.4) is 0 Å². The fourth-order valence-corrected chi connectivity index (χ4v) is 3.73. The molecule has 0 saturated heterocycles. The molecule has 180 valence electrons. The fourth-order valence-electron chi connectivity index (χ4n) is 3.73. The molecule has 0 aliphatic rings. The van der Waals surface area contributed by atoms with E-state index in [4.69, 9.17) is 4.74 Å². The second kappa shape index (κ2) is 9.58. The quantitative estimate of drug-likeness (QED) is 0.233. The van der Waals surface area contributed by atoms with Gasteiger partial charge in [-0.2, -0.15) is 18.3 Å². The molecule has 1 amide bonds. The second-order valence-electron chi connectivity index (χ2n) is 7.82. The molecule has 2 aromatic carbocycles. The van der Waals surface area contributed by atoms with Crippen LogP contribution in [0.5, 0.6) is 5.88 Å². The van der Waals surface area contributed by atoms with Gasteiger partial charge in [0.2, 0.25) is 5.88 Å². The first-order chi connectivity index (χ1) is 15.9. The molecule has 0 atom stereocenters. The topological polar surface area (TPSA) is 92.9 Å². The third-order valence-corrected chi connectivity index (χ3v) is 5.06. The normalized spacial score (nSPS) is 12.1. The van der Waals surface area contributed by atoms with E-state index in [2.05, 4.69) is 10.5 Å². The second-order valence-corrected chi connectivity index (χ2v) is 7.82. The van der Waals surface area contributed by atoms with Crippen LogP contribution in [0.2, 0.25) is 0 Å². The maximum atomic E-state index is 13.4. The van der Waals surface area contributed by atoms with Gasteiger partial charge in [-0.15, -0.1) is 0 Å². The van der Waals surface area contributed by atoms with Crippen molar-refractivity contribution in [2.75, 3.05) is 6.61 Å². The molecule has 34 heavy (non-hydrogen) atoms. The lowest BCUT2D eigenvalue weighted by atomic mass is 10.1. The molecule has 0 aliphatic carbocycles. The minimum absolute atomic E-state index is 0.125. The van der Waals surface area contributed by atoms with Gasteiger partial charge in [-0.1, -0.05) is 12.1 Å². The first kappa shape index (κ1) is 24.8. The Balaban J connectivity index is 2.14. The number of rotatable bonds is 6. The molecule has 3 aromatic rings. The summed E-state index contributed by atoms with van der Waals surface area (Å²) in [6.45, 7) is 6.90. The zero-order valence-corrected chi connectivity index (χ0v) is 19.1. The van der Waals surface area contributed by atoms with Crippen molar-refractivity contribution in [2.24, 2.45) is 5.10 Å². The lowest BCUT2D eigenvalue weighted by molar-refractivity contribution is -0.146. The largest absolute Gasteiger partial charge is 0.494 e. The average Bonchev–Trinajstić information content (AvgIpc) is 3.01. The van der Waals surface area contributed by atoms with Gasteiger partial charge in [0, 0.05) is 11.1 Å². The predicted molar refractivity (Wildman–Crippen MR) is 121 cm³/mol. The van der Waals surface area contributed by atoms with Crippen LogP contribution in [0.15, 0.2) is 41.5 Å². The van der Waals surface area contributed by atoms with Gasteiger partial charge in [0.05, 0.1) is 29.0 Å². The number of carbonyl (C=O) groups excluding carboxylic acids is 2. The van der Waals surface area contributed by atoms with Crippen LogP contribution in [0, 0.1) is 13.8 Å². The number of fused-ring (bicyclic) bond motifs is 1.